The standard InChI is InChI=1S/C46H64ClN3O11/c1-12-36-46(8)41(60-44(53)61-46)29(4)37(49-56-26-33-19-13-14-20-34(33)47)27(2)24-45(7,54-11)40(59-43-38(51)35(50(9)10)23-28(3)57-43)30(5)39(31(6)42(52)58-36)55-22-16-18-32-17-15-21-48-25-32/h13-15,17,19-21,25,27-31,35-36,38-41,43,51H,12,22-24,26H2,1-11H3/b49-37+/t27-,28-,29+,30+,31-,35+,36-,38-,39+,40-,41-,43+,45-,46-/m1/s1. The van der Waals surface area contributed by atoms with Gasteiger partial charge in [-0.25, -0.2) is 4.79 Å². The largest absolute Gasteiger partial charge is 0.509 e. The van der Waals surface area contributed by atoms with E-state index >= 15 is 0 Å². The third-order valence-corrected chi connectivity index (χ3v) is 12.9. The molecule has 0 saturated carbocycles. The lowest BCUT2D eigenvalue weighted by Crippen LogP contribution is -2.60. The summed E-state index contributed by atoms with van der Waals surface area (Å²) in [6.45, 7) is 15.0. The maximum Gasteiger partial charge on any atom is 0.509 e. The minimum Gasteiger partial charge on any atom is -0.458 e. The Hall–Kier alpha value is -3.81. The monoisotopic (exact) mass is 869 g/mol. The van der Waals surface area contributed by atoms with E-state index in [1.165, 1.54) is 0 Å². The number of cyclic esters (lactones) is 1. The molecule has 1 aromatic carbocycles. The second-order valence-corrected chi connectivity index (χ2v) is 17.7. The van der Waals surface area contributed by atoms with E-state index in [4.69, 9.17) is 54.8 Å². The number of likely N-dealkylation sites (N-methyl/N-ethyl adjacent to an activating group) is 1. The molecular formula is C46H64ClN3O11. The fourth-order valence-electron chi connectivity index (χ4n) is 9.17. The van der Waals surface area contributed by atoms with Crippen molar-refractivity contribution in [2.75, 3.05) is 27.8 Å². The fraction of sp³-hybridized carbons (Fsp3) is 0.652. The van der Waals surface area contributed by atoms with Crippen molar-refractivity contribution in [3.05, 3.63) is 64.9 Å². The van der Waals surface area contributed by atoms with Crippen LogP contribution in [0.2, 0.25) is 5.02 Å². The molecule has 0 amide bonds. The molecular weight excluding hydrogens is 806 g/mol. The average molecular weight is 870 g/mol. The highest BCUT2D eigenvalue weighted by atomic mass is 35.5. The molecule has 2 aromatic rings. The van der Waals surface area contributed by atoms with Crippen LogP contribution in [0.3, 0.4) is 0 Å². The van der Waals surface area contributed by atoms with E-state index in [1.54, 1.807) is 45.5 Å². The summed E-state index contributed by atoms with van der Waals surface area (Å²) in [4.78, 5) is 39.7. The first kappa shape index (κ1) is 48.2. The summed E-state index contributed by atoms with van der Waals surface area (Å²) in [5.41, 5.74) is -0.586. The SMILES string of the molecule is CC[C@H]1OC(=O)[C@H](C)[C@@H](OCC#Cc2cccnc2)[C@H](C)[C@@H](O[C@@H]2O[C@H](C)C[C@H](N(C)C)[C@H]2O)[C@](C)(OC)C[C@@H](C)/C(=N\OCc2ccccc2Cl)[C@H](C)[C@H]2OC(=O)O[C@@]21C. The Labute approximate surface area is 365 Å². The number of pyridine rings is 1. The summed E-state index contributed by atoms with van der Waals surface area (Å²) in [6, 6.07) is 10.7. The Morgan fingerprint density at radius 3 is 2.44 bits per heavy atom. The number of aliphatic hydroxyl groups is 1. The number of hydrogen-bond donors (Lipinski definition) is 1. The van der Waals surface area contributed by atoms with E-state index in [0.717, 1.165) is 5.56 Å². The van der Waals surface area contributed by atoms with Crippen LogP contribution < -0.4 is 0 Å². The number of fused-ring (bicyclic) bond motifs is 1. The molecule has 15 heteroatoms. The molecule has 3 aliphatic heterocycles. The molecule has 4 heterocycles. The number of esters is 1. The maximum atomic E-state index is 14.5. The first-order valence-corrected chi connectivity index (χ1v) is 21.6. The van der Waals surface area contributed by atoms with Gasteiger partial charge in [0.25, 0.3) is 0 Å². The summed E-state index contributed by atoms with van der Waals surface area (Å²) in [5, 5.41) is 17.0. The minimum absolute atomic E-state index is 0.0455. The number of rotatable bonds is 10. The summed E-state index contributed by atoms with van der Waals surface area (Å²) >= 11 is 6.48. The van der Waals surface area contributed by atoms with Crippen LogP contribution in [0.5, 0.6) is 0 Å². The van der Waals surface area contributed by atoms with Crippen molar-refractivity contribution in [2.24, 2.45) is 28.8 Å². The van der Waals surface area contributed by atoms with Gasteiger partial charge in [-0.3, -0.25) is 9.78 Å². The molecule has 3 aliphatic rings. The summed E-state index contributed by atoms with van der Waals surface area (Å²) < 4.78 is 44.6. The molecule has 3 fully saturated rings. The van der Waals surface area contributed by atoms with E-state index in [0.29, 0.717) is 29.1 Å². The van der Waals surface area contributed by atoms with Gasteiger partial charge in [0.2, 0.25) is 0 Å². The number of hydrogen-bond acceptors (Lipinski definition) is 14. The molecule has 14 atom stereocenters. The molecule has 61 heavy (non-hydrogen) atoms. The molecule has 0 bridgehead atoms. The van der Waals surface area contributed by atoms with Crippen molar-refractivity contribution < 1.29 is 52.7 Å². The van der Waals surface area contributed by atoms with Gasteiger partial charge in [-0.05, 0) is 79.3 Å². The fourth-order valence-corrected chi connectivity index (χ4v) is 9.36. The lowest BCUT2D eigenvalue weighted by atomic mass is 9.73. The zero-order chi connectivity index (χ0) is 44.6. The van der Waals surface area contributed by atoms with Crippen molar-refractivity contribution in [2.45, 2.75) is 141 Å². The highest BCUT2D eigenvalue weighted by molar-refractivity contribution is 6.31. The van der Waals surface area contributed by atoms with Crippen LogP contribution in [-0.2, 0) is 49.4 Å². The first-order chi connectivity index (χ1) is 28.9. The van der Waals surface area contributed by atoms with Crippen molar-refractivity contribution in [1.29, 1.82) is 0 Å². The predicted octanol–water partition coefficient (Wildman–Crippen LogP) is 6.82. The smallest absolute Gasteiger partial charge is 0.458 e. The van der Waals surface area contributed by atoms with E-state index < -0.39 is 83.8 Å². The van der Waals surface area contributed by atoms with Crippen molar-refractivity contribution in [3.63, 3.8) is 0 Å². The number of benzene rings is 1. The number of carbonyl (C=O) groups excluding carboxylic acids is 2. The number of nitrogens with zero attached hydrogens (tertiary/aromatic N) is 3. The number of halogens is 1. The molecule has 0 radical (unpaired) electrons. The van der Waals surface area contributed by atoms with Gasteiger partial charge in [-0.15, -0.1) is 0 Å². The number of ether oxygens (including phenoxy) is 7. The summed E-state index contributed by atoms with van der Waals surface area (Å²) in [7, 11) is 5.42. The average Bonchev–Trinajstić information content (AvgIpc) is 3.55. The summed E-state index contributed by atoms with van der Waals surface area (Å²) in [5.74, 6) is 3.03. The van der Waals surface area contributed by atoms with Gasteiger partial charge in [0.05, 0.1) is 35.5 Å². The van der Waals surface area contributed by atoms with E-state index in [1.807, 2.05) is 84.8 Å². The van der Waals surface area contributed by atoms with Crippen LogP contribution in [0.25, 0.3) is 0 Å². The predicted molar refractivity (Wildman–Crippen MR) is 228 cm³/mol. The van der Waals surface area contributed by atoms with Gasteiger partial charge < -0.3 is 48.0 Å². The van der Waals surface area contributed by atoms with Crippen LogP contribution in [0, 0.1) is 35.5 Å². The van der Waals surface area contributed by atoms with Crippen molar-refractivity contribution in [3.8, 4) is 11.8 Å². The van der Waals surface area contributed by atoms with Crippen LogP contribution in [0.15, 0.2) is 53.9 Å². The number of aromatic nitrogens is 1. The van der Waals surface area contributed by atoms with E-state index in [9.17, 15) is 14.7 Å². The molecule has 3 saturated heterocycles. The number of methoxy groups -OCH3 is 1. The number of aliphatic hydroxyl groups excluding tert-OH is 1. The van der Waals surface area contributed by atoms with Crippen molar-refractivity contribution >= 4 is 29.4 Å². The molecule has 5 rings (SSSR count). The highest BCUT2D eigenvalue weighted by Gasteiger charge is 2.59. The van der Waals surface area contributed by atoms with Crippen LogP contribution >= 0.6 is 11.6 Å². The van der Waals surface area contributed by atoms with Crippen LogP contribution in [0.1, 0.15) is 85.8 Å². The van der Waals surface area contributed by atoms with Crippen molar-refractivity contribution in [1.82, 2.24) is 9.88 Å². The number of oxime groups is 1. The molecule has 0 spiro atoms. The quantitative estimate of drug-likeness (QED) is 0.151. The topological polar surface area (TPSA) is 157 Å². The normalized spacial score (nSPS) is 36.8. The summed E-state index contributed by atoms with van der Waals surface area (Å²) in [6.07, 6.45) is -2.31. The lowest BCUT2D eigenvalue weighted by Gasteiger charge is -2.48. The molecule has 336 valence electrons. The third kappa shape index (κ3) is 11.2. The Kier molecular flexibility index (Phi) is 16.6. The third-order valence-electron chi connectivity index (χ3n) is 12.6. The number of carbonyl (C=O) groups is 2. The second-order valence-electron chi connectivity index (χ2n) is 17.3. The molecule has 1 N–H and O–H groups in total. The Morgan fingerprint density at radius 2 is 1.79 bits per heavy atom. The maximum absolute atomic E-state index is 14.5. The Balaban J connectivity index is 1.63. The molecule has 0 aliphatic carbocycles. The Morgan fingerprint density at radius 1 is 1.05 bits per heavy atom. The van der Waals surface area contributed by atoms with Gasteiger partial charge in [0.1, 0.15) is 25.4 Å². The molecule has 1 aromatic heterocycles. The molecule has 0 unspecified atom stereocenters. The van der Waals surface area contributed by atoms with Crippen LogP contribution in [-0.4, -0.2) is 121 Å². The van der Waals surface area contributed by atoms with Gasteiger partial charge >= 0.3 is 12.1 Å². The zero-order valence-corrected chi connectivity index (χ0v) is 38.1. The van der Waals surface area contributed by atoms with Gasteiger partial charge in [-0.1, -0.05) is 74.5 Å². The van der Waals surface area contributed by atoms with Gasteiger partial charge in [0.15, 0.2) is 18.0 Å². The molecule has 14 nitrogen and oxygen atoms in total. The van der Waals surface area contributed by atoms with Gasteiger partial charge in [0, 0.05) is 59.4 Å². The van der Waals surface area contributed by atoms with E-state index in [-0.39, 0.29) is 31.8 Å². The minimum atomic E-state index is -1.41. The van der Waals surface area contributed by atoms with E-state index in [2.05, 4.69) is 16.8 Å². The highest BCUT2D eigenvalue weighted by Crippen LogP contribution is 2.43. The Bertz CT molecular complexity index is 1880. The second kappa shape index (κ2) is 21.0. The van der Waals surface area contributed by atoms with Crippen LogP contribution in [0.4, 0.5) is 4.79 Å². The first-order valence-electron chi connectivity index (χ1n) is 21.2. The lowest BCUT2D eigenvalue weighted by molar-refractivity contribution is -0.302. The van der Waals surface area contributed by atoms with Gasteiger partial charge in [-0.2, -0.15) is 0 Å². The zero-order valence-electron chi connectivity index (χ0n) is 37.3.